The van der Waals surface area contributed by atoms with Crippen LogP contribution < -0.4 is 0 Å². The third-order valence-corrected chi connectivity index (χ3v) is 3.29. The number of pyridine rings is 1. The zero-order chi connectivity index (χ0) is 11.0. The number of carbonyl (C=O) groups is 1. The van der Waals surface area contributed by atoms with Crippen molar-refractivity contribution in [1.82, 2.24) is 4.98 Å². The van der Waals surface area contributed by atoms with Crippen LogP contribution in [0.1, 0.15) is 24.6 Å². The Morgan fingerprint density at radius 2 is 2.31 bits per heavy atom. The molecule has 3 rings (SSSR count). The fourth-order valence-electron chi connectivity index (χ4n) is 2.45. The second-order valence-corrected chi connectivity index (χ2v) is 4.38. The minimum atomic E-state index is 0.0502. The lowest BCUT2D eigenvalue weighted by Gasteiger charge is -2.28. The highest BCUT2D eigenvalue weighted by Gasteiger charge is 2.33. The van der Waals surface area contributed by atoms with Crippen LogP contribution in [-0.2, 0) is 9.53 Å². The van der Waals surface area contributed by atoms with Gasteiger partial charge in [0.1, 0.15) is 6.10 Å². The lowest BCUT2D eigenvalue weighted by molar-refractivity contribution is -0.114. The summed E-state index contributed by atoms with van der Waals surface area (Å²) in [6.45, 7) is 0.581. The van der Waals surface area contributed by atoms with Crippen LogP contribution in [0.15, 0.2) is 36.0 Å². The van der Waals surface area contributed by atoms with Gasteiger partial charge in [-0.25, -0.2) is 0 Å². The minimum Gasteiger partial charge on any atom is -0.368 e. The van der Waals surface area contributed by atoms with Crippen molar-refractivity contribution in [3.63, 3.8) is 0 Å². The minimum absolute atomic E-state index is 0.0502. The lowest BCUT2D eigenvalue weighted by atomic mass is 9.91. The van der Waals surface area contributed by atoms with Crippen LogP contribution in [0.3, 0.4) is 0 Å². The van der Waals surface area contributed by atoms with E-state index in [1.807, 2.05) is 18.2 Å². The molecule has 1 aliphatic heterocycles. The SMILES string of the molecule is O=C1C=C2CO[C@H](c3ccccn3)C[C@@H]2C1. The highest BCUT2D eigenvalue weighted by atomic mass is 16.5. The van der Waals surface area contributed by atoms with Gasteiger partial charge in [0.05, 0.1) is 12.3 Å². The van der Waals surface area contributed by atoms with E-state index in [1.165, 1.54) is 0 Å². The van der Waals surface area contributed by atoms with Gasteiger partial charge in [-0.1, -0.05) is 6.07 Å². The van der Waals surface area contributed by atoms with E-state index in [0.29, 0.717) is 18.9 Å². The van der Waals surface area contributed by atoms with Gasteiger partial charge in [-0.15, -0.1) is 0 Å². The molecule has 1 saturated heterocycles. The molecule has 2 heterocycles. The molecule has 82 valence electrons. The van der Waals surface area contributed by atoms with Crippen molar-refractivity contribution in [3.8, 4) is 0 Å². The topological polar surface area (TPSA) is 39.2 Å². The van der Waals surface area contributed by atoms with Gasteiger partial charge in [-0.3, -0.25) is 9.78 Å². The molecule has 0 aromatic carbocycles. The molecule has 2 aliphatic rings. The van der Waals surface area contributed by atoms with Crippen LogP contribution in [-0.4, -0.2) is 17.4 Å². The van der Waals surface area contributed by atoms with Crippen LogP contribution in [0.5, 0.6) is 0 Å². The van der Waals surface area contributed by atoms with Gasteiger partial charge in [-0.2, -0.15) is 0 Å². The van der Waals surface area contributed by atoms with Gasteiger partial charge in [0.25, 0.3) is 0 Å². The molecule has 0 saturated carbocycles. The molecule has 0 unspecified atom stereocenters. The Labute approximate surface area is 94.1 Å². The fraction of sp³-hybridized carbons (Fsp3) is 0.385. The second-order valence-electron chi connectivity index (χ2n) is 4.38. The summed E-state index contributed by atoms with van der Waals surface area (Å²) >= 11 is 0. The maximum atomic E-state index is 11.3. The number of nitrogens with zero attached hydrogens (tertiary/aromatic N) is 1. The van der Waals surface area contributed by atoms with Crippen molar-refractivity contribution >= 4 is 5.78 Å². The van der Waals surface area contributed by atoms with E-state index < -0.39 is 0 Å². The zero-order valence-electron chi connectivity index (χ0n) is 8.93. The van der Waals surface area contributed by atoms with Gasteiger partial charge in [0.15, 0.2) is 5.78 Å². The largest absolute Gasteiger partial charge is 0.368 e. The predicted molar refractivity (Wildman–Crippen MR) is 58.7 cm³/mol. The summed E-state index contributed by atoms with van der Waals surface area (Å²) < 4.78 is 5.74. The van der Waals surface area contributed by atoms with Crippen molar-refractivity contribution in [2.24, 2.45) is 5.92 Å². The van der Waals surface area contributed by atoms with Crippen molar-refractivity contribution in [1.29, 1.82) is 0 Å². The fourth-order valence-corrected chi connectivity index (χ4v) is 2.45. The van der Waals surface area contributed by atoms with Crippen molar-refractivity contribution in [2.45, 2.75) is 18.9 Å². The quantitative estimate of drug-likeness (QED) is 0.719. The average Bonchev–Trinajstić information content (AvgIpc) is 2.69. The molecule has 1 aromatic rings. The van der Waals surface area contributed by atoms with E-state index in [0.717, 1.165) is 17.7 Å². The summed E-state index contributed by atoms with van der Waals surface area (Å²) in [5.74, 6) is 0.624. The van der Waals surface area contributed by atoms with Crippen LogP contribution >= 0.6 is 0 Å². The molecule has 1 fully saturated rings. The van der Waals surface area contributed by atoms with Gasteiger partial charge in [0, 0.05) is 12.6 Å². The molecular formula is C13H13NO2. The van der Waals surface area contributed by atoms with E-state index in [9.17, 15) is 4.79 Å². The molecule has 0 radical (unpaired) electrons. The summed E-state index contributed by atoms with van der Waals surface area (Å²) in [7, 11) is 0. The van der Waals surface area contributed by atoms with Crippen LogP contribution in [0, 0.1) is 5.92 Å². The number of carbonyl (C=O) groups excluding carboxylic acids is 1. The maximum Gasteiger partial charge on any atom is 0.156 e. The Balaban J connectivity index is 1.78. The number of allylic oxidation sites excluding steroid dienone is 1. The summed E-state index contributed by atoms with van der Waals surface area (Å²) in [5, 5.41) is 0. The first kappa shape index (κ1) is 9.73. The third kappa shape index (κ3) is 1.67. The molecule has 16 heavy (non-hydrogen) atoms. The zero-order valence-corrected chi connectivity index (χ0v) is 8.93. The summed E-state index contributed by atoms with van der Waals surface area (Å²) in [5.41, 5.74) is 2.14. The molecule has 0 bridgehead atoms. The lowest BCUT2D eigenvalue weighted by Crippen LogP contribution is -2.21. The molecular weight excluding hydrogens is 202 g/mol. The normalized spacial score (nSPS) is 28.8. The van der Waals surface area contributed by atoms with Gasteiger partial charge >= 0.3 is 0 Å². The van der Waals surface area contributed by atoms with Crippen molar-refractivity contribution < 1.29 is 9.53 Å². The van der Waals surface area contributed by atoms with E-state index >= 15 is 0 Å². The number of aromatic nitrogens is 1. The predicted octanol–water partition coefficient (Wildman–Crippen LogP) is 2.06. The number of rotatable bonds is 1. The van der Waals surface area contributed by atoms with Crippen LogP contribution in [0.4, 0.5) is 0 Å². The van der Waals surface area contributed by atoms with Gasteiger partial charge in [-0.05, 0) is 36.1 Å². The first-order valence-corrected chi connectivity index (χ1v) is 5.59. The number of hydrogen-bond donors (Lipinski definition) is 0. The van der Waals surface area contributed by atoms with Gasteiger partial charge in [0.2, 0.25) is 0 Å². The second kappa shape index (κ2) is 3.83. The molecule has 0 spiro atoms. The molecule has 3 heteroatoms. The highest BCUT2D eigenvalue weighted by molar-refractivity contribution is 5.93. The monoisotopic (exact) mass is 215 g/mol. The number of ketones is 1. The van der Waals surface area contributed by atoms with Crippen LogP contribution in [0.25, 0.3) is 0 Å². The first-order valence-electron chi connectivity index (χ1n) is 5.59. The highest BCUT2D eigenvalue weighted by Crippen LogP contribution is 2.38. The first-order chi connectivity index (χ1) is 7.83. The Hall–Kier alpha value is -1.48. The summed E-state index contributed by atoms with van der Waals surface area (Å²) in [6, 6.07) is 5.85. The maximum absolute atomic E-state index is 11.3. The molecule has 1 aromatic heterocycles. The van der Waals surface area contributed by atoms with Crippen molar-refractivity contribution in [3.05, 3.63) is 41.7 Å². The van der Waals surface area contributed by atoms with E-state index in [1.54, 1.807) is 12.3 Å². The molecule has 2 atom stereocenters. The number of hydrogen-bond acceptors (Lipinski definition) is 3. The Kier molecular flexibility index (Phi) is 2.33. The van der Waals surface area contributed by atoms with E-state index in [4.69, 9.17) is 4.74 Å². The molecule has 3 nitrogen and oxygen atoms in total. The van der Waals surface area contributed by atoms with Crippen molar-refractivity contribution in [2.75, 3.05) is 6.61 Å². The third-order valence-electron chi connectivity index (χ3n) is 3.29. The van der Waals surface area contributed by atoms with E-state index in [2.05, 4.69) is 4.98 Å². The number of fused-ring (bicyclic) bond motifs is 1. The van der Waals surface area contributed by atoms with E-state index in [-0.39, 0.29) is 11.9 Å². The Morgan fingerprint density at radius 3 is 3.12 bits per heavy atom. The van der Waals surface area contributed by atoms with Gasteiger partial charge < -0.3 is 4.74 Å². The number of ether oxygens (including phenoxy) is 1. The molecule has 1 aliphatic carbocycles. The molecule has 0 N–H and O–H groups in total. The van der Waals surface area contributed by atoms with Crippen LogP contribution in [0.2, 0.25) is 0 Å². The standard InChI is InChI=1S/C13H13NO2/c15-11-5-9-7-13(16-8-10(9)6-11)12-3-1-2-4-14-12/h1-4,6,9,13H,5,7-8H2/t9-,13-/m0/s1. The molecule has 0 amide bonds. The summed E-state index contributed by atoms with van der Waals surface area (Å²) in [6.07, 6.45) is 5.12. The average molecular weight is 215 g/mol. The Bertz CT molecular complexity index is 439. The smallest absolute Gasteiger partial charge is 0.156 e. The summed E-state index contributed by atoms with van der Waals surface area (Å²) in [4.78, 5) is 15.6. The Morgan fingerprint density at radius 1 is 1.38 bits per heavy atom.